The van der Waals surface area contributed by atoms with Crippen molar-refractivity contribution in [2.75, 3.05) is 12.3 Å². The van der Waals surface area contributed by atoms with Gasteiger partial charge in [-0.25, -0.2) is 4.68 Å². The van der Waals surface area contributed by atoms with Gasteiger partial charge in [-0.05, 0) is 25.3 Å². The number of nitrogens with two attached hydrogens (primary N) is 2. The molecule has 1 atom stereocenters. The van der Waals surface area contributed by atoms with E-state index in [0.29, 0.717) is 11.9 Å². The van der Waals surface area contributed by atoms with Crippen molar-refractivity contribution in [2.24, 2.45) is 18.7 Å². The van der Waals surface area contributed by atoms with Crippen LogP contribution in [0.4, 0.5) is 5.95 Å². The fraction of sp³-hybridized carbons (Fsp3) is 0.818. The molecule has 1 heterocycles. The van der Waals surface area contributed by atoms with Gasteiger partial charge in [-0.3, -0.25) is 0 Å². The Morgan fingerprint density at radius 2 is 2.06 bits per heavy atom. The molecule has 1 aromatic rings. The third-order valence-corrected chi connectivity index (χ3v) is 2.89. The highest BCUT2D eigenvalue weighted by atomic mass is 15.4. The summed E-state index contributed by atoms with van der Waals surface area (Å²) in [6.07, 6.45) is 5.54. The maximum absolute atomic E-state index is 5.63. The van der Waals surface area contributed by atoms with Gasteiger partial charge in [0.2, 0.25) is 5.95 Å². The van der Waals surface area contributed by atoms with E-state index in [1.165, 1.54) is 12.8 Å². The molecule has 0 saturated carbocycles. The monoisotopic (exact) mass is 225 g/mol. The van der Waals surface area contributed by atoms with Crippen molar-refractivity contribution in [3.05, 3.63) is 5.82 Å². The second kappa shape index (κ2) is 6.48. The second-order valence-electron chi connectivity index (χ2n) is 4.28. The third-order valence-electron chi connectivity index (χ3n) is 2.89. The van der Waals surface area contributed by atoms with Gasteiger partial charge in [0.1, 0.15) is 0 Å². The van der Waals surface area contributed by atoms with Gasteiger partial charge >= 0.3 is 0 Å². The molecule has 4 N–H and O–H groups in total. The average Bonchev–Trinajstić information content (AvgIpc) is 2.56. The van der Waals surface area contributed by atoms with Crippen molar-refractivity contribution in [2.45, 2.75) is 39.0 Å². The first-order valence-electron chi connectivity index (χ1n) is 6.02. The fourth-order valence-electron chi connectivity index (χ4n) is 1.97. The van der Waals surface area contributed by atoms with Crippen LogP contribution < -0.4 is 11.5 Å². The van der Waals surface area contributed by atoms with E-state index in [1.54, 1.807) is 4.68 Å². The first kappa shape index (κ1) is 13.0. The Kier molecular flexibility index (Phi) is 5.25. The van der Waals surface area contributed by atoms with Crippen molar-refractivity contribution >= 4 is 5.95 Å². The van der Waals surface area contributed by atoms with Crippen LogP contribution in [0.3, 0.4) is 0 Å². The molecule has 1 unspecified atom stereocenters. The lowest BCUT2D eigenvalue weighted by molar-refractivity contribution is 0.417. The molecule has 0 amide bonds. The highest BCUT2D eigenvalue weighted by Gasteiger charge is 2.10. The van der Waals surface area contributed by atoms with E-state index in [2.05, 4.69) is 17.0 Å². The summed E-state index contributed by atoms with van der Waals surface area (Å²) in [4.78, 5) is 4.20. The minimum atomic E-state index is 0.487. The summed E-state index contributed by atoms with van der Waals surface area (Å²) in [5, 5.41) is 4.25. The minimum absolute atomic E-state index is 0.487. The number of anilines is 1. The Labute approximate surface area is 97.2 Å². The first-order valence-corrected chi connectivity index (χ1v) is 6.02. The summed E-state index contributed by atoms with van der Waals surface area (Å²) in [6.45, 7) is 2.98. The largest absolute Gasteiger partial charge is 0.368 e. The van der Waals surface area contributed by atoms with Crippen molar-refractivity contribution in [1.82, 2.24) is 14.8 Å². The van der Waals surface area contributed by atoms with E-state index in [0.717, 1.165) is 31.6 Å². The zero-order valence-corrected chi connectivity index (χ0v) is 10.3. The van der Waals surface area contributed by atoms with Gasteiger partial charge in [0.25, 0.3) is 0 Å². The van der Waals surface area contributed by atoms with Gasteiger partial charge in [-0.15, -0.1) is 0 Å². The van der Waals surface area contributed by atoms with Crippen molar-refractivity contribution in [3.8, 4) is 0 Å². The van der Waals surface area contributed by atoms with Crippen LogP contribution in [0.1, 0.15) is 38.4 Å². The summed E-state index contributed by atoms with van der Waals surface area (Å²) < 4.78 is 1.62. The molecule has 1 rings (SSSR count). The second-order valence-corrected chi connectivity index (χ2v) is 4.28. The molecule has 0 saturated heterocycles. The summed E-state index contributed by atoms with van der Waals surface area (Å²) in [5.41, 5.74) is 11.2. The Morgan fingerprint density at radius 3 is 2.56 bits per heavy atom. The van der Waals surface area contributed by atoms with Crippen LogP contribution in [-0.2, 0) is 13.5 Å². The van der Waals surface area contributed by atoms with Crippen molar-refractivity contribution in [1.29, 1.82) is 0 Å². The SMILES string of the molecule is CCCC(CCN)CCc1nc(N)n(C)n1. The molecule has 0 aromatic carbocycles. The van der Waals surface area contributed by atoms with Gasteiger partial charge in [0, 0.05) is 13.5 Å². The van der Waals surface area contributed by atoms with Gasteiger partial charge in [-0.2, -0.15) is 10.1 Å². The first-order chi connectivity index (χ1) is 7.67. The van der Waals surface area contributed by atoms with Crippen LogP contribution in [0.15, 0.2) is 0 Å². The zero-order valence-electron chi connectivity index (χ0n) is 10.3. The minimum Gasteiger partial charge on any atom is -0.368 e. The van der Waals surface area contributed by atoms with Crippen LogP contribution in [0.5, 0.6) is 0 Å². The maximum atomic E-state index is 5.63. The van der Waals surface area contributed by atoms with Crippen LogP contribution in [0.2, 0.25) is 0 Å². The van der Waals surface area contributed by atoms with Gasteiger partial charge < -0.3 is 11.5 Å². The lowest BCUT2D eigenvalue weighted by Gasteiger charge is -2.13. The van der Waals surface area contributed by atoms with Gasteiger partial charge in [0.05, 0.1) is 0 Å². The van der Waals surface area contributed by atoms with Crippen LogP contribution in [-0.4, -0.2) is 21.3 Å². The van der Waals surface area contributed by atoms with Gasteiger partial charge in [-0.1, -0.05) is 19.8 Å². The van der Waals surface area contributed by atoms with Crippen LogP contribution in [0, 0.1) is 5.92 Å². The molecule has 0 aliphatic heterocycles. The normalized spacial score (nSPS) is 12.9. The topological polar surface area (TPSA) is 82.7 Å². The number of aryl methyl sites for hydroxylation is 2. The predicted molar refractivity (Wildman–Crippen MR) is 65.8 cm³/mol. The van der Waals surface area contributed by atoms with E-state index < -0.39 is 0 Å². The molecule has 0 aliphatic carbocycles. The number of hydrogen-bond acceptors (Lipinski definition) is 4. The number of nitrogens with zero attached hydrogens (tertiary/aromatic N) is 3. The van der Waals surface area contributed by atoms with Crippen molar-refractivity contribution < 1.29 is 0 Å². The molecule has 0 fully saturated rings. The van der Waals surface area contributed by atoms with E-state index in [9.17, 15) is 0 Å². The zero-order chi connectivity index (χ0) is 12.0. The maximum Gasteiger partial charge on any atom is 0.218 e. The fourth-order valence-corrected chi connectivity index (χ4v) is 1.97. The molecule has 16 heavy (non-hydrogen) atoms. The molecule has 1 aromatic heterocycles. The number of rotatable bonds is 7. The molecule has 0 bridgehead atoms. The average molecular weight is 225 g/mol. The number of nitrogen functional groups attached to an aromatic ring is 1. The Morgan fingerprint density at radius 1 is 1.31 bits per heavy atom. The summed E-state index contributed by atoms with van der Waals surface area (Å²) in [7, 11) is 1.81. The number of hydrogen-bond donors (Lipinski definition) is 2. The molecule has 0 spiro atoms. The lowest BCUT2D eigenvalue weighted by atomic mass is 9.94. The molecular formula is C11H23N5. The molecule has 0 radical (unpaired) electrons. The molecule has 5 heteroatoms. The number of aromatic nitrogens is 3. The lowest BCUT2D eigenvalue weighted by Crippen LogP contribution is -2.10. The molecule has 0 aliphatic rings. The molecule has 5 nitrogen and oxygen atoms in total. The standard InChI is InChI=1S/C11H23N5/c1-3-4-9(7-8-12)5-6-10-14-11(13)16(2)15-10/h9H,3-8,12H2,1-2H3,(H2,13,14,15). The van der Waals surface area contributed by atoms with Gasteiger partial charge in [0.15, 0.2) is 5.82 Å². The Hall–Kier alpha value is -1.10. The Balaban J connectivity index is 2.41. The Bertz CT molecular complexity index is 282. The molecular weight excluding hydrogens is 202 g/mol. The molecule has 92 valence electrons. The quantitative estimate of drug-likeness (QED) is 0.727. The van der Waals surface area contributed by atoms with Crippen LogP contribution >= 0.6 is 0 Å². The van der Waals surface area contributed by atoms with Crippen LogP contribution in [0.25, 0.3) is 0 Å². The van der Waals surface area contributed by atoms with Crippen molar-refractivity contribution in [3.63, 3.8) is 0 Å². The van der Waals surface area contributed by atoms with E-state index in [-0.39, 0.29) is 0 Å². The highest BCUT2D eigenvalue weighted by Crippen LogP contribution is 2.17. The van der Waals surface area contributed by atoms with E-state index >= 15 is 0 Å². The highest BCUT2D eigenvalue weighted by molar-refractivity contribution is 5.15. The van der Waals surface area contributed by atoms with E-state index in [1.807, 2.05) is 7.05 Å². The third kappa shape index (κ3) is 3.81. The predicted octanol–water partition coefficient (Wildman–Crippen LogP) is 1.10. The summed E-state index contributed by atoms with van der Waals surface area (Å²) >= 11 is 0. The smallest absolute Gasteiger partial charge is 0.218 e. The summed E-state index contributed by atoms with van der Waals surface area (Å²) in [6, 6.07) is 0. The van der Waals surface area contributed by atoms with E-state index in [4.69, 9.17) is 11.5 Å². The summed E-state index contributed by atoms with van der Waals surface area (Å²) in [5.74, 6) is 2.03.